The molecule has 2 aliphatic heterocycles. The molecule has 5 rings (SSSR count). The molecule has 2 aromatic carbocycles. The van der Waals surface area contributed by atoms with Gasteiger partial charge in [0, 0.05) is 36.9 Å². The normalized spacial score (nSPS) is 21.0. The van der Waals surface area contributed by atoms with Crippen LogP contribution in [-0.4, -0.2) is 78.5 Å². The first-order valence-electron chi connectivity index (χ1n) is 16.2. The van der Waals surface area contributed by atoms with Crippen molar-refractivity contribution in [3.8, 4) is 11.5 Å². The lowest BCUT2D eigenvalue weighted by atomic mass is 9.73. The highest BCUT2D eigenvalue weighted by Crippen LogP contribution is 2.40. The summed E-state index contributed by atoms with van der Waals surface area (Å²) in [4.78, 5) is 42.0. The summed E-state index contributed by atoms with van der Waals surface area (Å²) in [6.07, 6.45) is 3.83. The molecule has 3 atom stereocenters. The summed E-state index contributed by atoms with van der Waals surface area (Å²) in [6.45, 7) is 5.78. The van der Waals surface area contributed by atoms with E-state index in [1.807, 2.05) is 18.2 Å². The lowest BCUT2D eigenvalue weighted by molar-refractivity contribution is -0.143. The number of nitrogens with zero attached hydrogens (tertiary/aromatic N) is 3. The molecule has 3 aliphatic rings. The van der Waals surface area contributed by atoms with Gasteiger partial charge < -0.3 is 24.4 Å². The third kappa shape index (κ3) is 7.85. The summed E-state index contributed by atoms with van der Waals surface area (Å²) in [6, 6.07) is 7.82. The number of hydrogen-bond acceptors (Lipinski definition) is 7. The van der Waals surface area contributed by atoms with Gasteiger partial charge in [-0.1, -0.05) is 18.9 Å². The average Bonchev–Trinajstić information content (AvgIpc) is 3.05. The van der Waals surface area contributed by atoms with Gasteiger partial charge in [0.25, 0.3) is 0 Å². The molecule has 0 radical (unpaired) electrons. The minimum atomic E-state index is -1.07. The number of carbonyl (C=O) groups excluding carboxylic acids is 3. The molecule has 0 unspecified atom stereocenters. The SMILES string of the molecule is COc1ccc(C2=NN(C3CCN(C(=O)[C@@H](Cc4ccc(F)c(F)c4)NC(=O)OC(C)(C)C)CC3)C(=O)[C@@H]3CCCC[C@H]23)cc1OC. The van der Waals surface area contributed by atoms with Gasteiger partial charge in [-0.25, -0.2) is 18.6 Å². The maximum absolute atomic E-state index is 14.0. The fourth-order valence-electron chi connectivity index (χ4n) is 6.80. The molecule has 47 heavy (non-hydrogen) atoms. The molecule has 0 aromatic heterocycles. The van der Waals surface area contributed by atoms with Crippen LogP contribution in [0, 0.1) is 23.5 Å². The van der Waals surface area contributed by atoms with Gasteiger partial charge in [-0.3, -0.25) is 9.59 Å². The monoisotopic (exact) mass is 654 g/mol. The van der Waals surface area contributed by atoms with Crippen LogP contribution in [0.4, 0.5) is 13.6 Å². The van der Waals surface area contributed by atoms with Crippen molar-refractivity contribution in [3.63, 3.8) is 0 Å². The molecular weight excluding hydrogens is 610 g/mol. The van der Waals surface area contributed by atoms with E-state index >= 15 is 0 Å². The Morgan fingerprint density at radius 2 is 1.62 bits per heavy atom. The second-order valence-electron chi connectivity index (χ2n) is 13.4. The number of rotatable bonds is 8. The number of piperidine rings is 1. The van der Waals surface area contributed by atoms with Crippen LogP contribution in [0.2, 0.25) is 0 Å². The largest absolute Gasteiger partial charge is 0.493 e. The number of amides is 3. The third-order valence-electron chi connectivity index (χ3n) is 9.09. The van der Waals surface area contributed by atoms with E-state index in [0.29, 0.717) is 43.0 Å². The fraction of sp³-hybridized carbons (Fsp3) is 0.543. The highest BCUT2D eigenvalue weighted by molar-refractivity contribution is 6.07. The number of methoxy groups -OCH3 is 2. The molecule has 3 amide bonds. The number of carbonyl (C=O) groups is 3. The van der Waals surface area contributed by atoms with Crippen LogP contribution in [-0.2, 0) is 20.7 Å². The number of fused-ring (bicyclic) bond motifs is 1. The van der Waals surface area contributed by atoms with Crippen LogP contribution >= 0.6 is 0 Å². The zero-order valence-electron chi connectivity index (χ0n) is 27.7. The predicted molar refractivity (Wildman–Crippen MR) is 171 cm³/mol. The Morgan fingerprint density at radius 1 is 0.936 bits per heavy atom. The Bertz CT molecular complexity index is 1520. The molecule has 1 saturated heterocycles. The molecule has 0 bridgehead atoms. The minimum Gasteiger partial charge on any atom is -0.493 e. The van der Waals surface area contributed by atoms with Gasteiger partial charge in [-0.2, -0.15) is 5.10 Å². The second-order valence-corrected chi connectivity index (χ2v) is 13.4. The summed E-state index contributed by atoms with van der Waals surface area (Å²) < 4.78 is 43.9. The lowest BCUT2D eigenvalue weighted by Gasteiger charge is -2.43. The topological polar surface area (TPSA) is 110 Å². The van der Waals surface area contributed by atoms with Crippen molar-refractivity contribution in [2.75, 3.05) is 27.3 Å². The number of likely N-dealkylation sites (tertiary alicyclic amines) is 1. The maximum Gasteiger partial charge on any atom is 0.408 e. The quantitative estimate of drug-likeness (QED) is 0.405. The van der Waals surface area contributed by atoms with E-state index in [4.69, 9.17) is 19.3 Å². The molecule has 2 heterocycles. The molecule has 2 fully saturated rings. The summed E-state index contributed by atoms with van der Waals surface area (Å²) in [5.41, 5.74) is 1.30. The van der Waals surface area contributed by atoms with Gasteiger partial charge in [-0.15, -0.1) is 0 Å². The molecule has 2 aromatic rings. The van der Waals surface area contributed by atoms with E-state index in [-0.39, 0.29) is 36.1 Å². The average molecular weight is 655 g/mol. The number of hydrazone groups is 1. The number of ether oxygens (including phenoxy) is 3. The highest BCUT2D eigenvalue weighted by Gasteiger charge is 2.44. The van der Waals surface area contributed by atoms with Gasteiger partial charge in [0.2, 0.25) is 11.8 Å². The minimum absolute atomic E-state index is 0.0169. The van der Waals surface area contributed by atoms with Crippen molar-refractivity contribution < 1.29 is 37.4 Å². The van der Waals surface area contributed by atoms with Gasteiger partial charge in [0.1, 0.15) is 11.6 Å². The smallest absolute Gasteiger partial charge is 0.408 e. The number of alkyl carbamates (subject to hydrolysis) is 1. The van der Waals surface area contributed by atoms with Crippen LogP contribution in [0.15, 0.2) is 41.5 Å². The summed E-state index contributed by atoms with van der Waals surface area (Å²) in [7, 11) is 3.17. The van der Waals surface area contributed by atoms with E-state index in [0.717, 1.165) is 49.1 Å². The zero-order valence-corrected chi connectivity index (χ0v) is 27.7. The number of benzene rings is 2. The van der Waals surface area contributed by atoms with Gasteiger partial charge in [0.05, 0.1) is 26.0 Å². The maximum atomic E-state index is 14.0. The zero-order chi connectivity index (χ0) is 33.9. The van der Waals surface area contributed by atoms with E-state index in [1.165, 1.54) is 6.07 Å². The van der Waals surface area contributed by atoms with E-state index in [9.17, 15) is 23.2 Å². The van der Waals surface area contributed by atoms with Crippen molar-refractivity contribution in [1.82, 2.24) is 15.2 Å². The Morgan fingerprint density at radius 3 is 2.26 bits per heavy atom. The molecule has 1 N–H and O–H groups in total. The molecule has 1 saturated carbocycles. The third-order valence-corrected chi connectivity index (χ3v) is 9.09. The molecule has 10 nitrogen and oxygen atoms in total. The predicted octanol–water partition coefficient (Wildman–Crippen LogP) is 5.46. The lowest BCUT2D eigenvalue weighted by Crippen LogP contribution is -2.56. The van der Waals surface area contributed by atoms with Gasteiger partial charge >= 0.3 is 6.09 Å². The molecule has 12 heteroatoms. The van der Waals surface area contributed by atoms with Crippen LogP contribution in [0.25, 0.3) is 0 Å². The van der Waals surface area contributed by atoms with Crippen molar-refractivity contribution in [3.05, 3.63) is 59.2 Å². The van der Waals surface area contributed by atoms with E-state index in [1.54, 1.807) is 44.9 Å². The van der Waals surface area contributed by atoms with Crippen molar-refractivity contribution in [2.24, 2.45) is 16.9 Å². The van der Waals surface area contributed by atoms with Crippen molar-refractivity contribution >= 4 is 23.6 Å². The Hall–Kier alpha value is -4.22. The van der Waals surface area contributed by atoms with Crippen molar-refractivity contribution in [2.45, 2.75) is 83.4 Å². The highest BCUT2D eigenvalue weighted by atomic mass is 19.2. The Kier molecular flexibility index (Phi) is 10.4. The standard InChI is InChI=1S/C35H44F2N4O6/c1-35(2,3)47-34(44)38-28(19-21-10-12-26(36)27(37)18-21)33(43)40-16-14-23(15-17-40)41-32(42)25-9-7-6-8-24(25)31(39-41)22-11-13-29(45-4)30(20-22)46-5/h10-13,18,20,23-25,28H,6-9,14-17,19H2,1-5H3,(H,38,44)/t24-,25+,28+/m0/s1. The van der Waals surface area contributed by atoms with Crippen LogP contribution in [0.3, 0.4) is 0 Å². The molecule has 254 valence electrons. The van der Waals surface area contributed by atoms with E-state index < -0.39 is 29.4 Å². The summed E-state index contributed by atoms with van der Waals surface area (Å²) >= 11 is 0. The van der Waals surface area contributed by atoms with Crippen LogP contribution in [0.1, 0.15) is 70.4 Å². The first kappa shape index (κ1) is 34.1. The number of nitrogens with one attached hydrogen (secondary N) is 1. The molecule has 1 aliphatic carbocycles. The van der Waals surface area contributed by atoms with Crippen molar-refractivity contribution in [1.29, 1.82) is 0 Å². The van der Waals surface area contributed by atoms with Crippen LogP contribution < -0.4 is 14.8 Å². The van der Waals surface area contributed by atoms with Gasteiger partial charge in [0.15, 0.2) is 23.1 Å². The Balaban J connectivity index is 1.34. The first-order valence-corrected chi connectivity index (χ1v) is 16.2. The fourth-order valence-corrected chi connectivity index (χ4v) is 6.80. The number of hydrogen-bond donors (Lipinski definition) is 1. The van der Waals surface area contributed by atoms with Crippen LogP contribution in [0.5, 0.6) is 11.5 Å². The van der Waals surface area contributed by atoms with E-state index in [2.05, 4.69) is 5.32 Å². The summed E-state index contributed by atoms with van der Waals surface area (Å²) in [5, 5.41) is 9.25. The molecule has 0 spiro atoms. The molecular formula is C35H44F2N4O6. The summed E-state index contributed by atoms with van der Waals surface area (Å²) in [5.74, 6) is -1.33. The van der Waals surface area contributed by atoms with Gasteiger partial charge in [-0.05, 0) is 82.3 Å². The second kappa shape index (κ2) is 14.3. The Labute approximate surface area is 274 Å². The first-order chi connectivity index (χ1) is 22.4. The number of halogens is 2.